The number of nitrogens with zero attached hydrogens (tertiary/aromatic N) is 2. The van der Waals surface area contributed by atoms with Gasteiger partial charge in [0.2, 0.25) is 17.7 Å². The minimum absolute atomic E-state index is 0.0592. The average Bonchev–Trinajstić information content (AvgIpc) is 2.88. The van der Waals surface area contributed by atoms with E-state index in [-0.39, 0.29) is 53.0 Å². The Bertz CT molecular complexity index is 812. The monoisotopic (exact) mass is 391 g/mol. The van der Waals surface area contributed by atoms with E-state index in [9.17, 15) is 24.5 Å². The Kier molecular flexibility index (Phi) is 5.55. The van der Waals surface area contributed by atoms with Gasteiger partial charge in [0.25, 0.3) is 5.69 Å². The van der Waals surface area contributed by atoms with Crippen molar-refractivity contribution in [1.82, 2.24) is 4.90 Å². The summed E-state index contributed by atoms with van der Waals surface area (Å²) in [6, 6.07) is 3.77. The van der Waals surface area contributed by atoms with Crippen LogP contribution in [0.3, 0.4) is 0 Å². The van der Waals surface area contributed by atoms with Gasteiger partial charge in [0, 0.05) is 25.1 Å². The second kappa shape index (κ2) is 7.87. The van der Waals surface area contributed by atoms with Gasteiger partial charge in [-0.2, -0.15) is 0 Å². The van der Waals surface area contributed by atoms with E-state index in [0.29, 0.717) is 19.3 Å². The highest BCUT2D eigenvalue weighted by Gasteiger charge is 2.46. The first-order valence-corrected chi connectivity index (χ1v) is 9.00. The first kappa shape index (κ1) is 19.0. The molecule has 0 bridgehead atoms. The number of nitrogens with one attached hydrogen (secondary N) is 1. The largest absolute Gasteiger partial charge is 0.325 e. The Morgan fingerprint density at radius 3 is 2.44 bits per heavy atom. The standard InChI is InChI=1S/C18H18ClN3O5/c19-14-8-7-11(22(26)27)10-15(14)20-16(23)6-3-9-21-17(24)12-4-1-2-5-13(12)18(21)25/h1-2,7-8,10,12-13H,3-6,9H2,(H,20,23). The SMILES string of the molecule is O=C(CCCN1C(=O)C2CC=CCC2C1=O)Nc1cc([N+](=O)[O-])ccc1Cl. The van der Waals surface area contributed by atoms with E-state index in [1.165, 1.54) is 23.1 Å². The van der Waals surface area contributed by atoms with Crippen molar-refractivity contribution >= 4 is 40.7 Å². The molecule has 1 fully saturated rings. The summed E-state index contributed by atoms with van der Waals surface area (Å²) in [6.07, 6.45) is 5.37. The van der Waals surface area contributed by atoms with Crippen LogP contribution in [0.2, 0.25) is 5.02 Å². The molecule has 1 aliphatic heterocycles. The van der Waals surface area contributed by atoms with Crippen molar-refractivity contribution in [3.63, 3.8) is 0 Å². The molecule has 1 saturated heterocycles. The lowest BCUT2D eigenvalue weighted by Crippen LogP contribution is -2.32. The van der Waals surface area contributed by atoms with Crippen LogP contribution in [0.25, 0.3) is 0 Å². The van der Waals surface area contributed by atoms with E-state index in [1.807, 2.05) is 12.2 Å². The van der Waals surface area contributed by atoms with E-state index in [0.717, 1.165) is 0 Å². The molecule has 142 valence electrons. The fourth-order valence-corrected chi connectivity index (χ4v) is 3.59. The van der Waals surface area contributed by atoms with Gasteiger partial charge in [0.15, 0.2) is 0 Å². The van der Waals surface area contributed by atoms with Gasteiger partial charge in [0.05, 0.1) is 27.5 Å². The van der Waals surface area contributed by atoms with Crippen molar-refractivity contribution in [2.75, 3.05) is 11.9 Å². The molecule has 1 N–H and O–H groups in total. The predicted molar refractivity (Wildman–Crippen MR) is 98.0 cm³/mol. The number of hydrogen-bond acceptors (Lipinski definition) is 5. The molecule has 1 aliphatic carbocycles. The van der Waals surface area contributed by atoms with Gasteiger partial charge < -0.3 is 5.32 Å². The van der Waals surface area contributed by atoms with Crippen molar-refractivity contribution in [1.29, 1.82) is 0 Å². The molecule has 1 aromatic carbocycles. The van der Waals surface area contributed by atoms with Crippen LogP contribution in [0.5, 0.6) is 0 Å². The van der Waals surface area contributed by atoms with E-state index in [1.54, 1.807) is 0 Å². The zero-order valence-corrected chi connectivity index (χ0v) is 15.1. The summed E-state index contributed by atoms with van der Waals surface area (Å²) in [6.45, 7) is 0.181. The summed E-state index contributed by atoms with van der Waals surface area (Å²) in [4.78, 5) is 48.3. The maximum Gasteiger partial charge on any atom is 0.271 e. The lowest BCUT2D eigenvalue weighted by atomic mass is 9.85. The molecule has 1 aromatic rings. The third kappa shape index (κ3) is 4.00. The van der Waals surface area contributed by atoms with E-state index in [2.05, 4.69) is 5.32 Å². The number of rotatable bonds is 6. The zero-order chi connectivity index (χ0) is 19.6. The minimum Gasteiger partial charge on any atom is -0.325 e. The summed E-state index contributed by atoms with van der Waals surface area (Å²) in [5.74, 6) is -1.29. The molecular formula is C18H18ClN3O5. The molecule has 0 radical (unpaired) electrons. The number of allylic oxidation sites excluding steroid dienone is 2. The number of non-ortho nitro benzene ring substituents is 1. The van der Waals surface area contributed by atoms with Crippen LogP contribution in [-0.2, 0) is 14.4 Å². The van der Waals surface area contributed by atoms with Crippen molar-refractivity contribution in [2.24, 2.45) is 11.8 Å². The zero-order valence-electron chi connectivity index (χ0n) is 14.4. The van der Waals surface area contributed by atoms with Crippen molar-refractivity contribution in [3.05, 3.63) is 45.5 Å². The molecular weight excluding hydrogens is 374 g/mol. The molecule has 3 amide bonds. The normalized spacial score (nSPS) is 21.3. The molecule has 2 aliphatic rings. The highest BCUT2D eigenvalue weighted by molar-refractivity contribution is 6.33. The Balaban J connectivity index is 1.53. The maximum atomic E-state index is 12.4. The van der Waals surface area contributed by atoms with Crippen molar-refractivity contribution in [2.45, 2.75) is 25.7 Å². The van der Waals surface area contributed by atoms with E-state index < -0.39 is 10.8 Å². The highest BCUT2D eigenvalue weighted by atomic mass is 35.5. The van der Waals surface area contributed by atoms with Gasteiger partial charge >= 0.3 is 0 Å². The number of fused-ring (bicyclic) bond motifs is 1. The lowest BCUT2D eigenvalue weighted by Gasteiger charge is -2.14. The molecule has 0 spiro atoms. The lowest BCUT2D eigenvalue weighted by molar-refractivity contribution is -0.384. The molecule has 27 heavy (non-hydrogen) atoms. The number of nitro groups is 1. The summed E-state index contributed by atoms with van der Waals surface area (Å²) in [5, 5.41) is 13.5. The van der Waals surface area contributed by atoms with Crippen LogP contribution in [0.1, 0.15) is 25.7 Å². The third-order valence-electron chi connectivity index (χ3n) is 4.82. The van der Waals surface area contributed by atoms with Crippen LogP contribution in [0, 0.1) is 22.0 Å². The van der Waals surface area contributed by atoms with Gasteiger partial charge in [-0.15, -0.1) is 0 Å². The number of carbonyl (C=O) groups is 3. The van der Waals surface area contributed by atoms with Crippen LogP contribution in [0.15, 0.2) is 30.4 Å². The number of halogens is 1. The van der Waals surface area contributed by atoms with Gasteiger partial charge in [-0.3, -0.25) is 29.4 Å². The smallest absolute Gasteiger partial charge is 0.271 e. The second-order valence-electron chi connectivity index (χ2n) is 6.56. The summed E-state index contributed by atoms with van der Waals surface area (Å²) in [5.41, 5.74) is -0.0274. The minimum atomic E-state index is -0.578. The number of hydrogen-bond donors (Lipinski definition) is 1. The topological polar surface area (TPSA) is 110 Å². The van der Waals surface area contributed by atoms with Crippen molar-refractivity contribution in [3.8, 4) is 0 Å². The quantitative estimate of drug-likeness (QED) is 0.347. The van der Waals surface area contributed by atoms with Gasteiger partial charge in [0.1, 0.15) is 0 Å². The van der Waals surface area contributed by atoms with E-state index in [4.69, 9.17) is 11.6 Å². The number of anilines is 1. The van der Waals surface area contributed by atoms with Gasteiger partial charge in [-0.1, -0.05) is 23.8 Å². The average molecular weight is 392 g/mol. The molecule has 1 heterocycles. The number of carbonyl (C=O) groups excluding carboxylic acids is 3. The predicted octanol–water partition coefficient (Wildman–Crippen LogP) is 2.92. The number of amides is 3. The van der Waals surface area contributed by atoms with Crippen LogP contribution >= 0.6 is 11.6 Å². The number of benzene rings is 1. The molecule has 2 unspecified atom stereocenters. The fraction of sp³-hybridized carbons (Fsp3) is 0.389. The maximum absolute atomic E-state index is 12.4. The first-order valence-electron chi connectivity index (χ1n) is 8.62. The summed E-state index contributed by atoms with van der Waals surface area (Å²) in [7, 11) is 0. The summed E-state index contributed by atoms with van der Waals surface area (Å²) < 4.78 is 0. The van der Waals surface area contributed by atoms with Gasteiger partial charge in [-0.25, -0.2) is 0 Å². The molecule has 0 aromatic heterocycles. The molecule has 2 atom stereocenters. The second-order valence-corrected chi connectivity index (χ2v) is 6.96. The van der Waals surface area contributed by atoms with Crippen LogP contribution in [-0.4, -0.2) is 34.1 Å². The molecule has 0 saturated carbocycles. The molecule has 9 heteroatoms. The molecule has 3 rings (SSSR count). The number of nitro benzene ring substituents is 1. The highest BCUT2D eigenvalue weighted by Crippen LogP contribution is 2.35. The van der Waals surface area contributed by atoms with Crippen molar-refractivity contribution < 1.29 is 19.3 Å². The summed E-state index contributed by atoms with van der Waals surface area (Å²) >= 11 is 5.95. The third-order valence-corrected chi connectivity index (χ3v) is 5.15. The fourth-order valence-electron chi connectivity index (χ4n) is 3.42. The van der Waals surface area contributed by atoms with E-state index >= 15 is 0 Å². The Morgan fingerprint density at radius 2 is 1.85 bits per heavy atom. The van der Waals surface area contributed by atoms with Crippen LogP contribution in [0.4, 0.5) is 11.4 Å². The Morgan fingerprint density at radius 1 is 1.22 bits per heavy atom. The van der Waals surface area contributed by atoms with Crippen LogP contribution < -0.4 is 5.32 Å². The Hall–Kier alpha value is -2.74. The molecule has 8 nitrogen and oxygen atoms in total. The Labute approximate surface area is 160 Å². The number of imide groups is 1. The van der Waals surface area contributed by atoms with Gasteiger partial charge in [-0.05, 0) is 25.3 Å². The first-order chi connectivity index (χ1) is 12.9. The number of likely N-dealkylation sites (tertiary alicyclic amines) is 1.